The zero-order valence-corrected chi connectivity index (χ0v) is 14.6. The molecule has 1 atom stereocenters. The highest BCUT2D eigenvalue weighted by molar-refractivity contribution is 5.80. The molecule has 2 amide bonds. The van der Waals surface area contributed by atoms with Gasteiger partial charge in [0.05, 0.1) is 11.9 Å². The number of amides is 2. The van der Waals surface area contributed by atoms with Gasteiger partial charge in [0, 0.05) is 58.7 Å². The van der Waals surface area contributed by atoms with Gasteiger partial charge in [-0.3, -0.25) is 14.4 Å². The molecular formula is C17H25N5O3. The molecule has 0 unspecified atom stereocenters. The van der Waals surface area contributed by atoms with E-state index in [1.807, 2.05) is 0 Å². The number of hydrogen-bond acceptors (Lipinski definition) is 5. The molecule has 0 radical (unpaired) electrons. The van der Waals surface area contributed by atoms with Crippen LogP contribution in [0.1, 0.15) is 25.7 Å². The quantitative estimate of drug-likeness (QED) is 0.766. The van der Waals surface area contributed by atoms with Crippen LogP contribution < -0.4 is 15.8 Å². The molecule has 0 spiro atoms. The fourth-order valence-corrected chi connectivity index (χ4v) is 3.39. The van der Waals surface area contributed by atoms with Crippen molar-refractivity contribution in [3.8, 4) is 0 Å². The summed E-state index contributed by atoms with van der Waals surface area (Å²) >= 11 is 0. The number of aryl methyl sites for hydroxylation is 1. The zero-order chi connectivity index (χ0) is 17.8. The van der Waals surface area contributed by atoms with E-state index < -0.39 is 0 Å². The number of aromatic nitrogens is 2. The Balaban J connectivity index is 1.40. The van der Waals surface area contributed by atoms with E-state index in [1.54, 1.807) is 24.2 Å². The Hall–Kier alpha value is -2.38. The molecule has 0 bridgehead atoms. The standard InChI is InChI=1S/C17H25N5O3/c1-20-17(25)9-14(11-19-20)22-7-4-13(12-22)10-18-15(23)5-8-21-6-2-3-16(21)24/h9,11,13H,2-8,10,12H2,1H3,(H,18,23)/t13-/m1/s1. The predicted molar refractivity (Wildman–Crippen MR) is 93.2 cm³/mol. The van der Waals surface area contributed by atoms with Crippen LogP contribution in [0.15, 0.2) is 17.1 Å². The molecule has 0 aromatic carbocycles. The van der Waals surface area contributed by atoms with Crippen molar-refractivity contribution in [2.24, 2.45) is 13.0 Å². The monoisotopic (exact) mass is 347 g/mol. The van der Waals surface area contributed by atoms with Crippen LogP contribution >= 0.6 is 0 Å². The van der Waals surface area contributed by atoms with Gasteiger partial charge in [-0.15, -0.1) is 0 Å². The van der Waals surface area contributed by atoms with E-state index in [-0.39, 0.29) is 17.4 Å². The first-order valence-corrected chi connectivity index (χ1v) is 8.85. The highest BCUT2D eigenvalue weighted by Gasteiger charge is 2.24. The van der Waals surface area contributed by atoms with Gasteiger partial charge in [0.15, 0.2) is 0 Å². The summed E-state index contributed by atoms with van der Waals surface area (Å²) in [4.78, 5) is 39.1. The summed E-state index contributed by atoms with van der Waals surface area (Å²) in [6, 6.07) is 1.60. The molecule has 1 aromatic rings. The van der Waals surface area contributed by atoms with E-state index in [9.17, 15) is 14.4 Å². The molecule has 3 rings (SSSR count). The second-order valence-electron chi connectivity index (χ2n) is 6.81. The van der Waals surface area contributed by atoms with Crippen LogP contribution in [0, 0.1) is 5.92 Å². The molecule has 0 saturated carbocycles. The minimum atomic E-state index is -0.120. The summed E-state index contributed by atoms with van der Waals surface area (Å²) in [6.45, 7) is 3.58. The van der Waals surface area contributed by atoms with Gasteiger partial charge >= 0.3 is 0 Å². The van der Waals surface area contributed by atoms with Crippen molar-refractivity contribution in [1.82, 2.24) is 20.0 Å². The highest BCUT2D eigenvalue weighted by atomic mass is 16.2. The summed E-state index contributed by atoms with van der Waals surface area (Å²) < 4.78 is 1.31. The molecule has 3 heterocycles. The van der Waals surface area contributed by atoms with Crippen molar-refractivity contribution >= 4 is 17.5 Å². The van der Waals surface area contributed by atoms with Crippen LogP contribution in [-0.4, -0.2) is 59.2 Å². The smallest absolute Gasteiger partial charge is 0.268 e. The maximum absolute atomic E-state index is 12.0. The minimum Gasteiger partial charge on any atom is -0.370 e. The minimum absolute atomic E-state index is 0.00611. The number of carbonyl (C=O) groups excluding carboxylic acids is 2. The van der Waals surface area contributed by atoms with Gasteiger partial charge in [-0.1, -0.05) is 0 Å². The van der Waals surface area contributed by atoms with Gasteiger partial charge in [-0.25, -0.2) is 4.68 Å². The number of hydrogen-bond donors (Lipinski definition) is 1. The lowest BCUT2D eigenvalue weighted by molar-refractivity contribution is -0.128. The zero-order valence-electron chi connectivity index (χ0n) is 14.6. The first-order chi connectivity index (χ1) is 12.0. The van der Waals surface area contributed by atoms with Crippen LogP contribution in [0.5, 0.6) is 0 Å². The first-order valence-electron chi connectivity index (χ1n) is 8.85. The number of rotatable bonds is 6. The Morgan fingerprint density at radius 3 is 2.92 bits per heavy atom. The van der Waals surface area contributed by atoms with Gasteiger partial charge in [-0.2, -0.15) is 5.10 Å². The summed E-state index contributed by atoms with van der Waals surface area (Å²) in [6.07, 6.45) is 4.54. The number of anilines is 1. The van der Waals surface area contributed by atoms with Gasteiger partial charge in [0.2, 0.25) is 11.8 Å². The third-order valence-corrected chi connectivity index (χ3v) is 4.97. The normalized spacial score (nSPS) is 20.4. The number of likely N-dealkylation sites (tertiary alicyclic amines) is 1. The Morgan fingerprint density at radius 1 is 1.36 bits per heavy atom. The van der Waals surface area contributed by atoms with Crippen molar-refractivity contribution in [2.75, 3.05) is 37.6 Å². The van der Waals surface area contributed by atoms with Crippen LogP contribution in [0.3, 0.4) is 0 Å². The largest absolute Gasteiger partial charge is 0.370 e. The highest BCUT2D eigenvalue weighted by Crippen LogP contribution is 2.21. The molecule has 2 fully saturated rings. The van der Waals surface area contributed by atoms with Crippen LogP contribution in [0.25, 0.3) is 0 Å². The average molecular weight is 347 g/mol. The lowest BCUT2D eigenvalue weighted by Gasteiger charge is -2.18. The maximum Gasteiger partial charge on any atom is 0.268 e. The average Bonchev–Trinajstić information content (AvgIpc) is 3.22. The molecule has 136 valence electrons. The predicted octanol–water partition coefficient (Wildman–Crippen LogP) is -0.265. The van der Waals surface area contributed by atoms with E-state index in [2.05, 4.69) is 15.3 Å². The van der Waals surface area contributed by atoms with Crippen LogP contribution in [0.4, 0.5) is 5.69 Å². The van der Waals surface area contributed by atoms with Crippen molar-refractivity contribution in [2.45, 2.75) is 25.7 Å². The van der Waals surface area contributed by atoms with Gasteiger partial charge < -0.3 is 15.1 Å². The second-order valence-corrected chi connectivity index (χ2v) is 6.81. The molecule has 25 heavy (non-hydrogen) atoms. The molecule has 1 aromatic heterocycles. The SMILES string of the molecule is Cn1ncc(N2CC[C@H](CNC(=O)CCN3CCCC3=O)C2)cc1=O. The van der Waals surface area contributed by atoms with E-state index in [1.165, 1.54) is 4.68 Å². The van der Waals surface area contributed by atoms with Crippen LogP contribution in [-0.2, 0) is 16.6 Å². The molecular weight excluding hydrogens is 322 g/mol. The first kappa shape index (κ1) is 17.4. The maximum atomic E-state index is 12.0. The lowest BCUT2D eigenvalue weighted by Crippen LogP contribution is -2.34. The van der Waals surface area contributed by atoms with Crippen molar-refractivity contribution in [3.05, 3.63) is 22.6 Å². The van der Waals surface area contributed by atoms with E-state index in [4.69, 9.17) is 0 Å². The molecule has 8 heteroatoms. The van der Waals surface area contributed by atoms with Gasteiger partial charge in [0.25, 0.3) is 5.56 Å². The van der Waals surface area contributed by atoms with Crippen LogP contribution in [0.2, 0.25) is 0 Å². The molecule has 2 saturated heterocycles. The van der Waals surface area contributed by atoms with Gasteiger partial charge in [-0.05, 0) is 18.8 Å². The topological polar surface area (TPSA) is 87.5 Å². The summed E-state index contributed by atoms with van der Waals surface area (Å²) in [5, 5.41) is 7.02. The molecule has 1 N–H and O–H groups in total. The third kappa shape index (κ3) is 4.37. The second kappa shape index (κ2) is 7.67. The number of carbonyl (C=O) groups is 2. The van der Waals surface area contributed by atoms with Crippen molar-refractivity contribution < 1.29 is 9.59 Å². The summed E-state index contributed by atoms with van der Waals surface area (Å²) in [5.74, 6) is 0.511. The molecule has 2 aliphatic rings. The lowest BCUT2D eigenvalue weighted by atomic mass is 10.1. The fraction of sp³-hybridized carbons (Fsp3) is 0.647. The van der Waals surface area contributed by atoms with Gasteiger partial charge in [0.1, 0.15) is 0 Å². The Morgan fingerprint density at radius 2 is 2.20 bits per heavy atom. The Bertz CT molecular complexity index is 702. The number of nitrogens with one attached hydrogen (secondary N) is 1. The van der Waals surface area contributed by atoms with E-state index in [0.717, 1.165) is 38.2 Å². The Kier molecular flexibility index (Phi) is 5.35. The number of nitrogens with zero attached hydrogens (tertiary/aromatic N) is 4. The van der Waals surface area contributed by atoms with Crippen molar-refractivity contribution in [3.63, 3.8) is 0 Å². The Labute approximate surface area is 146 Å². The van der Waals surface area contributed by atoms with Crippen molar-refractivity contribution in [1.29, 1.82) is 0 Å². The molecule has 0 aliphatic carbocycles. The fourth-order valence-electron chi connectivity index (χ4n) is 3.39. The third-order valence-electron chi connectivity index (χ3n) is 4.97. The van der Waals surface area contributed by atoms with E-state index >= 15 is 0 Å². The van der Waals surface area contributed by atoms with E-state index in [0.29, 0.717) is 31.8 Å². The molecule has 2 aliphatic heterocycles. The summed E-state index contributed by atoms with van der Waals surface area (Å²) in [7, 11) is 1.63. The molecule has 8 nitrogen and oxygen atoms in total. The summed E-state index contributed by atoms with van der Waals surface area (Å²) in [5.41, 5.74) is 0.718.